The minimum absolute atomic E-state index is 0.167. The molecule has 0 radical (unpaired) electrons. The number of ether oxygens (including phenoxy) is 1. The van der Waals surface area contributed by atoms with Crippen LogP contribution in [0.3, 0.4) is 0 Å². The van der Waals surface area contributed by atoms with Gasteiger partial charge in [0.15, 0.2) is 0 Å². The van der Waals surface area contributed by atoms with Crippen LogP contribution in [0.25, 0.3) is 0 Å². The number of hydrogen-bond acceptors (Lipinski definition) is 3. The van der Waals surface area contributed by atoms with Crippen molar-refractivity contribution >= 4 is 11.7 Å². The van der Waals surface area contributed by atoms with Crippen molar-refractivity contribution < 1.29 is 14.6 Å². The molecule has 2 rings (SSSR count). The molecule has 0 bridgehead atoms. The normalized spacial score (nSPS) is 11.5. The maximum atomic E-state index is 11.9. The molecule has 110 valence electrons. The summed E-state index contributed by atoms with van der Waals surface area (Å²) in [5.74, 6) is 0.721. The third-order valence-corrected chi connectivity index (χ3v) is 3.04. The number of methoxy groups -OCH3 is 1. The topological polar surface area (TPSA) is 70.6 Å². The fraction of sp³-hybridized carbons (Fsp3) is 0.188. The monoisotopic (exact) mass is 286 g/mol. The average molecular weight is 286 g/mol. The Morgan fingerprint density at radius 1 is 1.14 bits per heavy atom. The van der Waals surface area contributed by atoms with Crippen LogP contribution in [0, 0.1) is 0 Å². The molecule has 0 saturated heterocycles. The second-order valence-electron chi connectivity index (χ2n) is 4.47. The predicted molar refractivity (Wildman–Crippen MR) is 81.4 cm³/mol. The molecule has 2 amide bonds. The third kappa shape index (κ3) is 4.22. The van der Waals surface area contributed by atoms with Crippen LogP contribution in [0.15, 0.2) is 54.6 Å². The first kappa shape index (κ1) is 14.9. The second kappa shape index (κ2) is 7.31. The minimum atomic E-state index is -0.440. The number of amides is 2. The molecule has 5 nitrogen and oxygen atoms in total. The first-order valence-corrected chi connectivity index (χ1v) is 6.60. The van der Waals surface area contributed by atoms with Gasteiger partial charge >= 0.3 is 6.03 Å². The number of carbonyl (C=O) groups is 1. The highest BCUT2D eigenvalue weighted by Gasteiger charge is 2.13. The van der Waals surface area contributed by atoms with Crippen molar-refractivity contribution in [2.75, 3.05) is 19.0 Å². The number of aliphatic hydroxyl groups excluding tert-OH is 1. The van der Waals surface area contributed by atoms with Crippen LogP contribution in [0.5, 0.6) is 5.75 Å². The van der Waals surface area contributed by atoms with Gasteiger partial charge in [-0.15, -0.1) is 0 Å². The molecule has 0 spiro atoms. The Labute approximate surface area is 123 Å². The van der Waals surface area contributed by atoms with Gasteiger partial charge in [-0.05, 0) is 29.8 Å². The van der Waals surface area contributed by atoms with Gasteiger partial charge in [0.25, 0.3) is 0 Å². The van der Waals surface area contributed by atoms with Gasteiger partial charge in [-0.1, -0.05) is 30.3 Å². The predicted octanol–water partition coefficient (Wildman–Crippen LogP) is 2.55. The highest BCUT2D eigenvalue weighted by atomic mass is 16.5. The number of anilines is 1. The Morgan fingerprint density at radius 3 is 2.38 bits per heavy atom. The summed E-state index contributed by atoms with van der Waals surface area (Å²) in [5, 5.41) is 14.8. The van der Waals surface area contributed by atoms with Crippen LogP contribution < -0.4 is 15.4 Å². The van der Waals surface area contributed by atoms with Crippen molar-refractivity contribution in [3.05, 3.63) is 60.2 Å². The Morgan fingerprint density at radius 2 is 1.81 bits per heavy atom. The van der Waals surface area contributed by atoms with Gasteiger partial charge in [0.05, 0.1) is 19.8 Å². The molecule has 5 heteroatoms. The highest BCUT2D eigenvalue weighted by Crippen LogP contribution is 2.16. The van der Waals surface area contributed by atoms with E-state index in [-0.39, 0.29) is 12.6 Å². The van der Waals surface area contributed by atoms with Gasteiger partial charge < -0.3 is 20.5 Å². The first-order valence-electron chi connectivity index (χ1n) is 6.60. The quantitative estimate of drug-likeness (QED) is 0.791. The lowest BCUT2D eigenvalue weighted by Crippen LogP contribution is -2.34. The standard InChI is InChI=1S/C16H18N2O3/c1-21-14-9-7-13(8-10-14)17-16(20)18-15(11-19)12-5-3-2-4-6-12/h2-10,15,19H,11H2,1H3,(H2,17,18,20). The second-order valence-corrected chi connectivity index (χ2v) is 4.47. The van der Waals surface area contributed by atoms with E-state index in [1.54, 1.807) is 31.4 Å². The molecule has 2 aromatic carbocycles. The van der Waals surface area contributed by atoms with Gasteiger partial charge in [-0.25, -0.2) is 4.79 Å². The van der Waals surface area contributed by atoms with Gasteiger partial charge in [0.2, 0.25) is 0 Å². The number of nitrogens with one attached hydrogen (secondary N) is 2. The zero-order chi connectivity index (χ0) is 15.1. The summed E-state index contributed by atoms with van der Waals surface area (Å²) in [7, 11) is 1.58. The molecule has 1 atom stereocenters. The Bertz CT molecular complexity index is 570. The maximum Gasteiger partial charge on any atom is 0.319 e. The van der Waals surface area contributed by atoms with Crippen LogP contribution >= 0.6 is 0 Å². The van der Waals surface area contributed by atoms with Crippen molar-refractivity contribution in [2.24, 2.45) is 0 Å². The number of benzene rings is 2. The number of aliphatic hydroxyl groups is 1. The van der Waals surface area contributed by atoms with E-state index in [0.717, 1.165) is 11.3 Å². The first-order chi connectivity index (χ1) is 10.2. The Balaban J connectivity index is 1.96. The summed E-state index contributed by atoms with van der Waals surface area (Å²) in [5.41, 5.74) is 1.50. The largest absolute Gasteiger partial charge is 0.497 e. The average Bonchev–Trinajstić information content (AvgIpc) is 2.54. The lowest BCUT2D eigenvalue weighted by molar-refractivity contribution is 0.225. The summed E-state index contributed by atoms with van der Waals surface area (Å²) in [6, 6.07) is 15.5. The lowest BCUT2D eigenvalue weighted by atomic mass is 10.1. The maximum absolute atomic E-state index is 11.9. The van der Waals surface area contributed by atoms with Crippen molar-refractivity contribution in [1.29, 1.82) is 0 Å². The zero-order valence-electron chi connectivity index (χ0n) is 11.7. The summed E-state index contributed by atoms with van der Waals surface area (Å²) in [6.07, 6.45) is 0. The Kier molecular flexibility index (Phi) is 5.17. The summed E-state index contributed by atoms with van der Waals surface area (Å²) < 4.78 is 5.05. The fourth-order valence-electron chi connectivity index (χ4n) is 1.92. The molecule has 0 aromatic heterocycles. The molecule has 0 saturated carbocycles. The molecule has 1 unspecified atom stereocenters. The van der Waals surface area contributed by atoms with Crippen LogP contribution in [0.1, 0.15) is 11.6 Å². The number of carbonyl (C=O) groups excluding carboxylic acids is 1. The summed E-state index contributed by atoms with van der Waals surface area (Å²) >= 11 is 0. The Hall–Kier alpha value is -2.53. The van der Waals surface area contributed by atoms with E-state index >= 15 is 0 Å². The van der Waals surface area contributed by atoms with Gasteiger partial charge in [-0.3, -0.25) is 0 Å². The molecule has 0 aliphatic carbocycles. The van der Waals surface area contributed by atoms with Crippen LogP contribution in [0.4, 0.5) is 10.5 Å². The summed E-state index contributed by atoms with van der Waals surface area (Å²) in [6.45, 7) is -0.167. The van der Waals surface area contributed by atoms with Crippen LogP contribution in [-0.2, 0) is 0 Å². The molecule has 3 N–H and O–H groups in total. The minimum Gasteiger partial charge on any atom is -0.497 e. The van der Waals surface area contributed by atoms with Crippen molar-refractivity contribution in [3.8, 4) is 5.75 Å². The SMILES string of the molecule is COc1ccc(NC(=O)NC(CO)c2ccccc2)cc1. The van der Waals surface area contributed by atoms with Gasteiger partial charge in [0.1, 0.15) is 5.75 Å². The van der Waals surface area contributed by atoms with E-state index in [1.807, 2.05) is 30.3 Å². The third-order valence-electron chi connectivity index (χ3n) is 3.04. The van der Waals surface area contributed by atoms with Crippen molar-refractivity contribution in [3.63, 3.8) is 0 Å². The zero-order valence-corrected chi connectivity index (χ0v) is 11.7. The highest BCUT2D eigenvalue weighted by molar-refractivity contribution is 5.89. The molecule has 2 aromatic rings. The van der Waals surface area contributed by atoms with E-state index in [1.165, 1.54) is 0 Å². The molecular weight excluding hydrogens is 268 g/mol. The number of hydrogen-bond donors (Lipinski definition) is 3. The molecule has 0 aliphatic rings. The van der Waals surface area contributed by atoms with Gasteiger partial charge in [0, 0.05) is 5.69 Å². The van der Waals surface area contributed by atoms with E-state index in [9.17, 15) is 9.90 Å². The van der Waals surface area contributed by atoms with Crippen LogP contribution in [-0.4, -0.2) is 24.9 Å². The molecule has 0 fully saturated rings. The smallest absolute Gasteiger partial charge is 0.319 e. The van der Waals surface area contributed by atoms with Gasteiger partial charge in [-0.2, -0.15) is 0 Å². The molecule has 21 heavy (non-hydrogen) atoms. The van der Waals surface area contributed by atoms with E-state index in [0.29, 0.717) is 5.69 Å². The fourth-order valence-corrected chi connectivity index (χ4v) is 1.92. The molecule has 0 aliphatic heterocycles. The van der Waals surface area contributed by atoms with Crippen molar-refractivity contribution in [1.82, 2.24) is 5.32 Å². The van der Waals surface area contributed by atoms with E-state index in [2.05, 4.69) is 10.6 Å². The van der Waals surface area contributed by atoms with E-state index < -0.39 is 6.04 Å². The molecule has 0 heterocycles. The number of urea groups is 1. The lowest BCUT2D eigenvalue weighted by Gasteiger charge is -2.17. The van der Waals surface area contributed by atoms with E-state index in [4.69, 9.17) is 4.74 Å². The number of rotatable bonds is 5. The molecular formula is C16H18N2O3. The summed E-state index contributed by atoms with van der Waals surface area (Å²) in [4.78, 5) is 11.9. The van der Waals surface area contributed by atoms with Crippen LogP contribution in [0.2, 0.25) is 0 Å². The van der Waals surface area contributed by atoms with Crippen molar-refractivity contribution in [2.45, 2.75) is 6.04 Å².